The highest BCUT2D eigenvalue weighted by atomic mass is 32.2. The van der Waals surface area contributed by atoms with E-state index in [0.29, 0.717) is 23.8 Å². The molecule has 0 bridgehead atoms. The van der Waals surface area contributed by atoms with E-state index in [9.17, 15) is 13.5 Å². The van der Waals surface area contributed by atoms with E-state index >= 15 is 0 Å². The third-order valence-electron chi connectivity index (χ3n) is 4.07. The Labute approximate surface area is 178 Å². The summed E-state index contributed by atoms with van der Waals surface area (Å²) in [6, 6.07) is 13.7. The molecule has 0 radical (unpaired) electrons. The molecule has 164 valence electrons. The zero-order valence-electron chi connectivity index (χ0n) is 17.5. The largest absolute Gasteiger partial charge is 0.491 e. The van der Waals surface area contributed by atoms with Crippen LogP contribution in [0.3, 0.4) is 0 Å². The standard InChI is InChI=1S/C21H30N4O4S/c1-4-23-21(24-13-16-7-5-10-19(11-16)30(22,27)28)25-14-20(26)17-8-6-9-18(12-17)29-15(2)3/h5-12,15,20,26H,4,13-14H2,1-3H3,(H2,22,27,28)(H2,23,24,25). The molecule has 2 rings (SSSR count). The molecule has 30 heavy (non-hydrogen) atoms. The van der Waals surface area contributed by atoms with Crippen LogP contribution in [-0.4, -0.2) is 38.7 Å². The predicted octanol–water partition coefficient (Wildman–Crippen LogP) is 1.91. The fraction of sp³-hybridized carbons (Fsp3) is 0.381. The summed E-state index contributed by atoms with van der Waals surface area (Å²) >= 11 is 0. The topological polar surface area (TPSA) is 126 Å². The van der Waals surface area contributed by atoms with Crippen LogP contribution in [0.2, 0.25) is 0 Å². The SMILES string of the molecule is CCNC(=NCc1cccc(S(N)(=O)=O)c1)NCC(O)c1cccc(OC(C)C)c1. The summed E-state index contributed by atoms with van der Waals surface area (Å²) in [7, 11) is -3.76. The molecule has 0 aliphatic rings. The van der Waals surface area contributed by atoms with Crippen molar-refractivity contribution in [3.8, 4) is 5.75 Å². The number of primary sulfonamides is 1. The minimum atomic E-state index is -3.76. The Balaban J connectivity index is 2.03. The second kappa shape index (κ2) is 11.0. The minimum Gasteiger partial charge on any atom is -0.491 e. The Morgan fingerprint density at radius 2 is 1.90 bits per heavy atom. The van der Waals surface area contributed by atoms with Gasteiger partial charge in [-0.2, -0.15) is 0 Å². The van der Waals surface area contributed by atoms with Crippen LogP contribution in [0.4, 0.5) is 0 Å². The van der Waals surface area contributed by atoms with Crippen LogP contribution in [0, 0.1) is 0 Å². The van der Waals surface area contributed by atoms with Gasteiger partial charge in [0.25, 0.3) is 0 Å². The number of aliphatic hydroxyl groups is 1. The molecule has 0 saturated carbocycles. The number of aliphatic hydroxyl groups excluding tert-OH is 1. The number of benzene rings is 2. The third-order valence-corrected chi connectivity index (χ3v) is 4.98. The Morgan fingerprint density at radius 1 is 1.17 bits per heavy atom. The van der Waals surface area contributed by atoms with E-state index < -0.39 is 16.1 Å². The molecule has 0 aromatic heterocycles. The number of ether oxygens (including phenoxy) is 1. The molecule has 0 spiro atoms. The van der Waals surface area contributed by atoms with Crippen LogP contribution in [-0.2, 0) is 16.6 Å². The molecular weight excluding hydrogens is 404 g/mol. The van der Waals surface area contributed by atoms with Crippen LogP contribution in [0.1, 0.15) is 38.0 Å². The zero-order chi connectivity index (χ0) is 22.1. The summed E-state index contributed by atoms with van der Waals surface area (Å²) in [5.74, 6) is 1.21. The Bertz CT molecular complexity index is 961. The molecule has 0 aliphatic heterocycles. The van der Waals surface area contributed by atoms with Crippen molar-refractivity contribution in [2.45, 2.75) is 44.4 Å². The summed E-state index contributed by atoms with van der Waals surface area (Å²) in [5.41, 5.74) is 1.44. The first kappa shape index (κ1) is 23.7. The lowest BCUT2D eigenvalue weighted by Gasteiger charge is -2.17. The van der Waals surface area contributed by atoms with Gasteiger partial charge in [0.15, 0.2) is 5.96 Å². The molecule has 2 aromatic rings. The number of guanidine groups is 1. The predicted molar refractivity (Wildman–Crippen MR) is 118 cm³/mol. The van der Waals surface area contributed by atoms with E-state index in [1.54, 1.807) is 12.1 Å². The van der Waals surface area contributed by atoms with Crippen LogP contribution in [0.5, 0.6) is 5.75 Å². The molecule has 0 heterocycles. The van der Waals surface area contributed by atoms with Crippen molar-refractivity contribution in [3.05, 3.63) is 59.7 Å². The van der Waals surface area contributed by atoms with Gasteiger partial charge in [-0.25, -0.2) is 18.5 Å². The fourth-order valence-corrected chi connectivity index (χ4v) is 3.30. The smallest absolute Gasteiger partial charge is 0.238 e. The summed E-state index contributed by atoms with van der Waals surface area (Å²) in [6.07, 6.45) is -0.703. The van der Waals surface area contributed by atoms with Crippen molar-refractivity contribution < 1.29 is 18.3 Å². The highest BCUT2D eigenvalue weighted by Gasteiger charge is 2.11. The van der Waals surface area contributed by atoms with Crippen LogP contribution < -0.4 is 20.5 Å². The van der Waals surface area contributed by atoms with Gasteiger partial charge in [0, 0.05) is 13.1 Å². The zero-order valence-corrected chi connectivity index (χ0v) is 18.3. The normalized spacial score (nSPS) is 13.2. The molecule has 8 nitrogen and oxygen atoms in total. The first-order valence-electron chi connectivity index (χ1n) is 9.77. The van der Waals surface area contributed by atoms with E-state index in [-0.39, 0.29) is 24.1 Å². The van der Waals surface area contributed by atoms with Crippen molar-refractivity contribution in [3.63, 3.8) is 0 Å². The van der Waals surface area contributed by atoms with E-state index in [4.69, 9.17) is 9.88 Å². The van der Waals surface area contributed by atoms with Gasteiger partial charge < -0.3 is 20.5 Å². The molecule has 0 aliphatic carbocycles. The molecule has 0 saturated heterocycles. The van der Waals surface area contributed by atoms with Gasteiger partial charge in [-0.05, 0) is 56.2 Å². The van der Waals surface area contributed by atoms with Gasteiger partial charge in [0.2, 0.25) is 10.0 Å². The van der Waals surface area contributed by atoms with Gasteiger partial charge in [-0.1, -0.05) is 24.3 Å². The molecule has 1 atom stereocenters. The maximum absolute atomic E-state index is 11.5. The number of sulfonamides is 1. The molecule has 9 heteroatoms. The first-order chi connectivity index (χ1) is 14.2. The second-order valence-electron chi connectivity index (χ2n) is 7.02. The van der Waals surface area contributed by atoms with Crippen LogP contribution >= 0.6 is 0 Å². The van der Waals surface area contributed by atoms with E-state index in [1.807, 2.05) is 45.0 Å². The fourth-order valence-electron chi connectivity index (χ4n) is 2.71. The van der Waals surface area contributed by atoms with Crippen molar-refractivity contribution in [1.29, 1.82) is 0 Å². The van der Waals surface area contributed by atoms with Gasteiger partial charge in [0.05, 0.1) is 23.6 Å². The maximum atomic E-state index is 11.5. The molecule has 1 unspecified atom stereocenters. The number of rotatable bonds is 9. The average molecular weight is 435 g/mol. The lowest BCUT2D eigenvalue weighted by Crippen LogP contribution is -2.39. The third kappa shape index (κ3) is 7.66. The van der Waals surface area contributed by atoms with Crippen molar-refractivity contribution in [2.24, 2.45) is 10.1 Å². The molecular formula is C21H30N4O4S. The van der Waals surface area contributed by atoms with Crippen LogP contribution in [0.25, 0.3) is 0 Å². The quantitative estimate of drug-likeness (QED) is 0.353. The lowest BCUT2D eigenvalue weighted by molar-refractivity contribution is 0.179. The Kier molecular flexibility index (Phi) is 8.64. The van der Waals surface area contributed by atoms with Gasteiger partial charge >= 0.3 is 0 Å². The maximum Gasteiger partial charge on any atom is 0.238 e. The molecule has 5 N–H and O–H groups in total. The first-order valence-corrected chi connectivity index (χ1v) is 11.3. The number of hydrogen-bond donors (Lipinski definition) is 4. The summed E-state index contributed by atoms with van der Waals surface area (Å²) < 4.78 is 28.7. The highest BCUT2D eigenvalue weighted by molar-refractivity contribution is 7.89. The monoisotopic (exact) mass is 434 g/mol. The minimum absolute atomic E-state index is 0.0482. The number of nitrogens with zero attached hydrogens (tertiary/aromatic N) is 1. The number of aliphatic imine (C=N–C) groups is 1. The number of nitrogens with one attached hydrogen (secondary N) is 2. The molecule has 2 aromatic carbocycles. The van der Waals surface area contributed by atoms with E-state index in [2.05, 4.69) is 15.6 Å². The second-order valence-corrected chi connectivity index (χ2v) is 8.58. The van der Waals surface area contributed by atoms with Crippen molar-refractivity contribution in [1.82, 2.24) is 10.6 Å². The van der Waals surface area contributed by atoms with E-state index in [1.165, 1.54) is 12.1 Å². The average Bonchev–Trinajstić information content (AvgIpc) is 2.69. The number of nitrogens with two attached hydrogens (primary N) is 1. The van der Waals surface area contributed by atoms with Gasteiger partial charge in [0.1, 0.15) is 5.75 Å². The van der Waals surface area contributed by atoms with E-state index in [0.717, 1.165) is 5.56 Å². The van der Waals surface area contributed by atoms with Gasteiger partial charge in [-0.15, -0.1) is 0 Å². The van der Waals surface area contributed by atoms with Crippen LogP contribution in [0.15, 0.2) is 58.4 Å². The highest BCUT2D eigenvalue weighted by Crippen LogP contribution is 2.20. The lowest BCUT2D eigenvalue weighted by atomic mass is 10.1. The Morgan fingerprint density at radius 3 is 2.57 bits per heavy atom. The molecule has 0 amide bonds. The number of hydrogen-bond acceptors (Lipinski definition) is 5. The van der Waals surface area contributed by atoms with Crippen molar-refractivity contribution in [2.75, 3.05) is 13.1 Å². The van der Waals surface area contributed by atoms with Crippen molar-refractivity contribution >= 4 is 16.0 Å². The molecule has 0 fully saturated rings. The summed E-state index contributed by atoms with van der Waals surface area (Å²) in [6.45, 7) is 6.96. The van der Waals surface area contributed by atoms with Gasteiger partial charge in [-0.3, -0.25) is 0 Å². The summed E-state index contributed by atoms with van der Waals surface area (Å²) in [5, 5.41) is 21.9. The Hall–Kier alpha value is -2.62. The summed E-state index contributed by atoms with van der Waals surface area (Å²) in [4.78, 5) is 4.50.